The summed E-state index contributed by atoms with van der Waals surface area (Å²) in [6, 6.07) is 11.5. The molecule has 8 heteroatoms. The van der Waals surface area contributed by atoms with Crippen molar-refractivity contribution in [3.05, 3.63) is 63.1 Å². The van der Waals surface area contributed by atoms with Crippen molar-refractivity contribution < 1.29 is 14.4 Å². The van der Waals surface area contributed by atoms with Gasteiger partial charge in [-0.2, -0.15) is 0 Å². The molecular weight excluding hydrogens is 434 g/mol. The Balaban J connectivity index is 1.76. The third-order valence-corrected chi connectivity index (χ3v) is 5.27. The average molecular weight is 451 g/mol. The Morgan fingerprint density at radius 3 is 2.67 bits per heavy atom. The lowest BCUT2D eigenvalue weighted by molar-refractivity contribution is -0.133. The first-order chi connectivity index (χ1) is 12.7. The number of imide groups is 1. The van der Waals surface area contributed by atoms with Gasteiger partial charge in [0.1, 0.15) is 12.1 Å². The van der Waals surface area contributed by atoms with Crippen LogP contribution in [0.5, 0.6) is 0 Å². The third kappa shape index (κ3) is 3.84. The summed E-state index contributed by atoms with van der Waals surface area (Å²) in [5, 5.41) is 5.81. The number of hydrogen-bond acceptors (Lipinski definition) is 3. The zero-order valence-corrected chi connectivity index (χ0v) is 17.0. The first-order valence-electron chi connectivity index (χ1n) is 8.17. The molecule has 0 radical (unpaired) electrons. The van der Waals surface area contributed by atoms with E-state index < -0.39 is 23.4 Å². The number of urea groups is 1. The van der Waals surface area contributed by atoms with E-state index in [1.165, 1.54) is 0 Å². The van der Waals surface area contributed by atoms with Crippen molar-refractivity contribution in [1.29, 1.82) is 0 Å². The lowest BCUT2D eigenvalue weighted by atomic mass is 9.92. The molecule has 0 saturated carbocycles. The summed E-state index contributed by atoms with van der Waals surface area (Å²) in [6.45, 7) is 3.13. The number of amides is 4. The first kappa shape index (κ1) is 19.4. The van der Waals surface area contributed by atoms with E-state index in [0.717, 1.165) is 14.9 Å². The van der Waals surface area contributed by atoms with Gasteiger partial charge in [-0.15, -0.1) is 0 Å². The molecule has 0 spiro atoms. The summed E-state index contributed by atoms with van der Waals surface area (Å²) in [5.74, 6) is -0.980. The Hall–Kier alpha value is -2.38. The van der Waals surface area contributed by atoms with Crippen LogP contribution < -0.4 is 10.6 Å². The van der Waals surface area contributed by atoms with Crippen LogP contribution in [0.2, 0.25) is 5.02 Å². The Bertz CT molecular complexity index is 950. The Morgan fingerprint density at radius 2 is 2.00 bits per heavy atom. The molecule has 2 aromatic rings. The van der Waals surface area contributed by atoms with E-state index in [-0.39, 0.29) is 6.54 Å². The topological polar surface area (TPSA) is 78.5 Å². The van der Waals surface area contributed by atoms with E-state index in [1.54, 1.807) is 37.3 Å². The SMILES string of the molecule is Cc1ccc(NC(=O)CN2C(=O)NC(C)(c3cccc(Cl)c3)C2=O)c(Br)c1. The minimum absolute atomic E-state index is 0.388. The van der Waals surface area contributed by atoms with Crippen molar-refractivity contribution in [2.75, 3.05) is 11.9 Å². The summed E-state index contributed by atoms with van der Waals surface area (Å²) in [5.41, 5.74) is 0.881. The summed E-state index contributed by atoms with van der Waals surface area (Å²) < 4.78 is 0.719. The molecular formula is C19H17BrClN3O3. The van der Waals surface area contributed by atoms with Crippen molar-refractivity contribution in [3.8, 4) is 0 Å². The van der Waals surface area contributed by atoms with E-state index >= 15 is 0 Å². The molecule has 6 nitrogen and oxygen atoms in total. The van der Waals surface area contributed by atoms with Crippen LogP contribution in [-0.2, 0) is 15.1 Å². The average Bonchev–Trinajstić information content (AvgIpc) is 2.82. The molecule has 1 unspecified atom stereocenters. The van der Waals surface area contributed by atoms with E-state index in [1.807, 2.05) is 19.1 Å². The fraction of sp³-hybridized carbons (Fsp3) is 0.211. The molecule has 1 saturated heterocycles. The maximum absolute atomic E-state index is 12.9. The first-order valence-corrected chi connectivity index (χ1v) is 9.34. The van der Waals surface area contributed by atoms with Gasteiger partial charge in [0, 0.05) is 9.50 Å². The monoisotopic (exact) mass is 449 g/mol. The van der Waals surface area contributed by atoms with Crippen LogP contribution in [-0.4, -0.2) is 29.3 Å². The van der Waals surface area contributed by atoms with Crippen LogP contribution >= 0.6 is 27.5 Å². The van der Waals surface area contributed by atoms with E-state index in [4.69, 9.17) is 11.6 Å². The van der Waals surface area contributed by atoms with Gasteiger partial charge in [-0.05, 0) is 65.2 Å². The highest BCUT2D eigenvalue weighted by molar-refractivity contribution is 9.10. The molecule has 0 aromatic heterocycles. The number of aryl methyl sites for hydroxylation is 1. The summed E-state index contributed by atoms with van der Waals surface area (Å²) in [4.78, 5) is 38.5. The van der Waals surface area contributed by atoms with Crippen molar-refractivity contribution in [2.24, 2.45) is 0 Å². The number of nitrogens with one attached hydrogen (secondary N) is 2. The fourth-order valence-electron chi connectivity index (χ4n) is 2.89. The maximum Gasteiger partial charge on any atom is 0.325 e. The highest BCUT2D eigenvalue weighted by Gasteiger charge is 2.49. The van der Waals surface area contributed by atoms with Crippen LogP contribution in [0.3, 0.4) is 0 Å². The van der Waals surface area contributed by atoms with E-state index in [2.05, 4.69) is 26.6 Å². The fourth-order valence-corrected chi connectivity index (χ4v) is 3.67. The molecule has 2 aromatic carbocycles. The Morgan fingerprint density at radius 1 is 1.26 bits per heavy atom. The second kappa shape index (κ2) is 7.32. The molecule has 0 aliphatic carbocycles. The summed E-state index contributed by atoms with van der Waals surface area (Å²) in [7, 11) is 0. The van der Waals surface area contributed by atoms with Gasteiger partial charge >= 0.3 is 6.03 Å². The van der Waals surface area contributed by atoms with Crippen molar-refractivity contribution in [3.63, 3.8) is 0 Å². The molecule has 0 bridgehead atoms. The minimum atomic E-state index is -1.27. The van der Waals surface area contributed by atoms with Gasteiger partial charge in [0.2, 0.25) is 5.91 Å². The zero-order chi connectivity index (χ0) is 19.8. The Kier molecular flexibility index (Phi) is 5.26. The molecule has 1 aliphatic rings. The number of carbonyl (C=O) groups excluding carboxylic acids is 3. The quantitative estimate of drug-likeness (QED) is 0.695. The van der Waals surface area contributed by atoms with E-state index in [0.29, 0.717) is 16.3 Å². The Labute approximate surface area is 170 Å². The van der Waals surface area contributed by atoms with Crippen LogP contribution in [0, 0.1) is 6.92 Å². The second-order valence-electron chi connectivity index (χ2n) is 6.49. The lowest BCUT2D eigenvalue weighted by Gasteiger charge is -2.22. The van der Waals surface area contributed by atoms with Gasteiger partial charge < -0.3 is 10.6 Å². The largest absolute Gasteiger partial charge is 0.325 e. The van der Waals surface area contributed by atoms with Crippen molar-refractivity contribution >= 4 is 51.1 Å². The number of anilines is 1. The molecule has 1 fully saturated rings. The van der Waals surface area contributed by atoms with Gasteiger partial charge in [0.05, 0.1) is 5.69 Å². The summed E-state index contributed by atoms with van der Waals surface area (Å²) >= 11 is 9.38. The number of rotatable bonds is 4. The molecule has 1 aliphatic heterocycles. The molecule has 3 rings (SSSR count). The minimum Gasteiger partial charge on any atom is -0.323 e. The van der Waals surface area contributed by atoms with Crippen molar-refractivity contribution in [1.82, 2.24) is 10.2 Å². The standard InChI is InChI=1S/C19H17BrClN3O3/c1-11-6-7-15(14(20)8-11)22-16(25)10-24-17(26)19(2,23-18(24)27)12-4-3-5-13(21)9-12/h3-9H,10H2,1-2H3,(H,22,25)(H,23,27). The number of halogens is 2. The normalized spacial score (nSPS) is 19.2. The lowest BCUT2D eigenvalue weighted by Crippen LogP contribution is -2.42. The number of carbonyl (C=O) groups is 3. The second-order valence-corrected chi connectivity index (χ2v) is 7.78. The van der Waals surface area contributed by atoms with Gasteiger partial charge in [0.15, 0.2) is 0 Å². The van der Waals surface area contributed by atoms with Crippen LogP contribution in [0.4, 0.5) is 10.5 Å². The molecule has 4 amide bonds. The highest BCUT2D eigenvalue weighted by Crippen LogP contribution is 2.30. The smallest absolute Gasteiger partial charge is 0.323 e. The van der Waals surface area contributed by atoms with Gasteiger partial charge in [0.25, 0.3) is 5.91 Å². The molecule has 1 heterocycles. The molecule has 2 N–H and O–H groups in total. The molecule has 140 valence electrons. The number of hydrogen-bond donors (Lipinski definition) is 2. The number of nitrogens with zero attached hydrogens (tertiary/aromatic N) is 1. The third-order valence-electron chi connectivity index (χ3n) is 4.38. The summed E-state index contributed by atoms with van der Waals surface area (Å²) in [6.07, 6.45) is 0. The van der Waals surface area contributed by atoms with Crippen molar-refractivity contribution in [2.45, 2.75) is 19.4 Å². The predicted molar refractivity (Wildman–Crippen MR) is 107 cm³/mol. The predicted octanol–water partition coefficient (Wildman–Crippen LogP) is 3.82. The molecule has 1 atom stereocenters. The maximum atomic E-state index is 12.9. The number of benzene rings is 2. The molecule has 27 heavy (non-hydrogen) atoms. The van der Waals surface area contributed by atoms with Gasteiger partial charge in [-0.25, -0.2) is 4.79 Å². The zero-order valence-electron chi connectivity index (χ0n) is 14.7. The van der Waals surface area contributed by atoms with E-state index in [9.17, 15) is 14.4 Å². The van der Waals surface area contributed by atoms with Gasteiger partial charge in [-0.3, -0.25) is 14.5 Å². The van der Waals surface area contributed by atoms with Crippen LogP contribution in [0.25, 0.3) is 0 Å². The van der Waals surface area contributed by atoms with Gasteiger partial charge in [-0.1, -0.05) is 29.8 Å². The van der Waals surface area contributed by atoms with Crippen LogP contribution in [0.1, 0.15) is 18.1 Å². The highest BCUT2D eigenvalue weighted by atomic mass is 79.9. The van der Waals surface area contributed by atoms with Crippen LogP contribution in [0.15, 0.2) is 46.9 Å².